The van der Waals surface area contributed by atoms with Crippen LogP contribution in [0.15, 0.2) is 48.8 Å². The molecular formula is C12H12N2. The van der Waals surface area contributed by atoms with Gasteiger partial charge in [0.2, 0.25) is 0 Å². The molecule has 1 N–H and O–H groups in total. The van der Waals surface area contributed by atoms with E-state index in [2.05, 4.69) is 28.5 Å². The third-order valence-corrected chi connectivity index (χ3v) is 2.15. The van der Waals surface area contributed by atoms with Gasteiger partial charge in [-0.25, -0.2) is 0 Å². The van der Waals surface area contributed by atoms with Gasteiger partial charge in [0.1, 0.15) is 0 Å². The molecule has 0 saturated heterocycles. The van der Waals surface area contributed by atoms with Crippen molar-refractivity contribution in [3.8, 4) is 11.1 Å². The summed E-state index contributed by atoms with van der Waals surface area (Å²) in [6.07, 6.45) is 3.65. The fourth-order valence-corrected chi connectivity index (χ4v) is 1.39. The molecule has 0 aliphatic heterocycles. The number of aromatic nitrogens is 1. The van der Waals surface area contributed by atoms with Crippen molar-refractivity contribution in [1.82, 2.24) is 4.98 Å². The van der Waals surface area contributed by atoms with Crippen LogP contribution in [0.5, 0.6) is 0 Å². The monoisotopic (exact) mass is 184 g/mol. The van der Waals surface area contributed by atoms with Gasteiger partial charge < -0.3 is 5.32 Å². The minimum Gasteiger partial charge on any atom is -0.388 e. The predicted molar refractivity (Wildman–Crippen MR) is 59.2 cm³/mol. The molecule has 70 valence electrons. The first-order valence-corrected chi connectivity index (χ1v) is 4.58. The maximum Gasteiger partial charge on any atom is 0.0346 e. The molecule has 2 heteroatoms. The summed E-state index contributed by atoms with van der Waals surface area (Å²) in [5, 5.41) is 3.12. The Morgan fingerprint density at radius 3 is 2.64 bits per heavy atom. The topological polar surface area (TPSA) is 24.9 Å². The maximum atomic E-state index is 4.10. The Balaban J connectivity index is 2.42. The molecule has 2 aromatic rings. The van der Waals surface area contributed by atoms with Gasteiger partial charge in [-0.15, -0.1) is 0 Å². The summed E-state index contributed by atoms with van der Waals surface area (Å²) in [7, 11) is 1.92. The lowest BCUT2D eigenvalue weighted by molar-refractivity contribution is 1.33. The lowest BCUT2D eigenvalue weighted by Gasteiger charge is -2.03. The third-order valence-electron chi connectivity index (χ3n) is 2.15. The second kappa shape index (κ2) is 3.92. The largest absolute Gasteiger partial charge is 0.388 e. The van der Waals surface area contributed by atoms with Crippen LogP contribution in [0.4, 0.5) is 5.69 Å². The minimum atomic E-state index is 1.12. The second-order valence-electron chi connectivity index (χ2n) is 3.07. The standard InChI is InChI=1S/C12H12N2/c1-13-12-6-2-4-10(8-12)11-5-3-7-14-9-11/h2-9,13H,1H3. The van der Waals surface area contributed by atoms with Crippen LogP contribution in [0, 0.1) is 0 Å². The highest BCUT2D eigenvalue weighted by Crippen LogP contribution is 2.20. The summed E-state index contributed by atoms with van der Waals surface area (Å²) in [6, 6.07) is 12.3. The molecule has 1 heterocycles. The molecule has 0 unspecified atom stereocenters. The van der Waals surface area contributed by atoms with Crippen LogP contribution in [-0.2, 0) is 0 Å². The zero-order valence-electron chi connectivity index (χ0n) is 8.07. The van der Waals surface area contributed by atoms with Crippen LogP contribution >= 0.6 is 0 Å². The highest BCUT2D eigenvalue weighted by atomic mass is 14.8. The average Bonchev–Trinajstić information content (AvgIpc) is 2.30. The second-order valence-corrected chi connectivity index (χ2v) is 3.07. The first-order chi connectivity index (χ1) is 6.90. The van der Waals surface area contributed by atoms with Gasteiger partial charge in [-0.3, -0.25) is 4.98 Å². The first kappa shape index (κ1) is 8.75. The lowest BCUT2D eigenvalue weighted by Crippen LogP contribution is -1.87. The molecule has 0 spiro atoms. The van der Waals surface area contributed by atoms with Crippen LogP contribution in [0.2, 0.25) is 0 Å². The molecule has 0 aliphatic carbocycles. The Kier molecular flexibility index (Phi) is 2.45. The SMILES string of the molecule is CNc1cccc(-c2cccnc2)c1. The average molecular weight is 184 g/mol. The highest BCUT2D eigenvalue weighted by molar-refractivity contribution is 5.67. The van der Waals surface area contributed by atoms with Crippen molar-refractivity contribution in [3.05, 3.63) is 48.8 Å². The number of hydrogen-bond acceptors (Lipinski definition) is 2. The van der Waals surface area contributed by atoms with E-state index < -0.39 is 0 Å². The van der Waals surface area contributed by atoms with Gasteiger partial charge in [0.15, 0.2) is 0 Å². The fraction of sp³-hybridized carbons (Fsp3) is 0.0833. The summed E-state index contributed by atoms with van der Waals surface area (Å²) in [5.74, 6) is 0. The van der Waals surface area contributed by atoms with E-state index in [1.54, 1.807) is 6.20 Å². The molecule has 0 aliphatic rings. The zero-order valence-corrected chi connectivity index (χ0v) is 8.07. The van der Waals surface area contributed by atoms with Gasteiger partial charge >= 0.3 is 0 Å². The predicted octanol–water partition coefficient (Wildman–Crippen LogP) is 2.79. The summed E-state index contributed by atoms with van der Waals surface area (Å²) >= 11 is 0. The van der Waals surface area contributed by atoms with Gasteiger partial charge in [0.05, 0.1) is 0 Å². The van der Waals surface area contributed by atoms with Crippen molar-refractivity contribution in [1.29, 1.82) is 0 Å². The maximum absolute atomic E-state index is 4.10. The number of benzene rings is 1. The van der Waals surface area contributed by atoms with E-state index in [-0.39, 0.29) is 0 Å². The molecule has 14 heavy (non-hydrogen) atoms. The normalized spacial score (nSPS) is 9.79. The Morgan fingerprint density at radius 1 is 1.07 bits per heavy atom. The van der Waals surface area contributed by atoms with Crippen LogP contribution in [-0.4, -0.2) is 12.0 Å². The van der Waals surface area contributed by atoms with E-state index in [0.29, 0.717) is 0 Å². The van der Waals surface area contributed by atoms with Crippen LogP contribution in [0.1, 0.15) is 0 Å². The van der Waals surface area contributed by atoms with Crippen LogP contribution < -0.4 is 5.32 Å². The van der Waals surface area contributed by atoms with E-state index in [1.807, 2.05) is 31.4 Å². The molecular weight excluding hydrogens is 172 g/mol. The molecule has 1 aromatic heterocycles. The Bertz CT molecular complexity index is 410. The molecule has 0 radical (unpaired) electrons. The number of nitrogens with zero attached hydrogens (tertiary/aromatic N) is 1. The number of rotatable bonds is 2. The van der Waals surface area contributed by atoms with Crippen LogP contribution in [0.25, 0.3) is 11.1 Å². The van der Waals surface area contributed by atoms with E-state index in [9.17, 15) is 0 Å². The quantitative estimate of drug-likeness (QED) is 0.776. The van der Waals surface area contributed by atoms with Gasteiger partial charge in [-0.2, -0.15) is 0 Å². The number of hydrogen-bond donors (Lipinski definition) is 1. The summed E-state index contributed by atoms with van der Waals surface area (Å²) in [5.41, 5.74) is 3.45. The summed E-state index contributed by atoms with van der Waals surface area (Å²) in [6.45, 7) is 0. The van der Waals surface area contributed by atoms with Crippen molar-refractivity contribution < 1.29 is 0 Å². The van der Waals surface area contributed by atoms with E-state index >= 15 is 0 Å². The molecule has 0 bridgehead atoms. The van der Waals surface area contributed by atoms with Crippen molar-refractivity contribution >= 4 is 5.69 Å². The number of pyridine rings is 1. The van der Waals surface area contributed by atoms with E-state index in [4.69, 9.17) is 0 Å². The Morgan fingerprint density at radius 2 is 1.93 bits per heavy atom. The molecule has 2 nitrogen and oxygen atoms in total. The van der Waals surface area contributed by atoms with E-state index in [0.717, 1.165) is 11.3 Å². The summed E-state index contributed by atoms with van der Waals surface area (Å²) in [4.78, 5) is 4.10. The lowest BCUT2D eigenvalue weighted by atomic mass is 10.1. The van der Waals surface area contributed by atoms with Gasteiger partial charge in [0.25, 0.3) is 0 Å². The molecule has 0 saturated carbocycles. The first-order valence-electron chi connectivity index (χ1n) is 4.58. The minimum absolute atomic E-state index is 1.12. The third kappa shape index (κ3) is 1.74. The summed E-state index contributed by atoms with van der Waals surface area (Å²) < 4.78 is 0. The van der Waals surface area contributed by atoms with E-state index in [1.165, 1.54) is 5.56 Å². The van der Waals surface area contributed by atoms with Crippen molar-refractivity contribution in [2.75, 3.05) is 12.4 Å². The molecule has 0 atom stereocenters. The number of anilines is 1. The smallest absolute Gasteiger partial charge is 0.0346 e. The van der Waals surface area contributed by atoms with Gasteiger partial charge in [-0.05, 0) is 23.8 Å². The molecule has 1 aromatic carbocycles. The Hall–Kier alpha value is -1.83. The molecule has 0 amide bonds. The van der Waals surface area contributed by atoms with Crippen molar-refractivity contribution in [2.24, 2.45) is 0 Å². The van der Waals surface area contributed by atoms with Crippen molar-refractivity contribution in [3.63, 3.8) is 0 Å². The number of nitrogens with one attached hydrogen (secondary N) is 1. The molecule has 0 fully saturated rings. The van der Waals surface area contributed by atoms with Gasteiger partial charge in [-0.1, -0.05) is 18.2 Å². The van der Waals surface area contributed by atoms with Crippen molar-refractivity contribution in [2.45, 2.75) is 0 Å². The Labute approximate surface area is 83.6 Å². The zero-order chi connectivity index (χ0) is 9.80. The molecule has 2 rings (SSSR count). The highest BCUT2D eigenvalue weighted by Gasteiger charge is 1.96. The fourth-order valence-electron chi connectivity index (χ4n) is 1.39. The van der Waals surface area contributed by atoms with Crippen LogP contribution in [0.3, 0.4) is 0 Å². The van der Waals surface area contributed by atoms with Gasteiger partial charge in [0, 0.05) is 30.7 Å².